The quantitative estimate of drug-likeness (QED) is 0.800. The molecule has 20 heavy (non-hydrogen) atoms. The summed E-state index contributed by atoms with van der Waals surface area (Å²) in [6, 6.07) is 5.30. The number of benzene rings is 1. The number of ether oxygens (including phenoxy) is 1. The molecule has 0 amide bonds. The summed E-state index contributed by atoms with van der Waals surface area (Å²) < 4.78 is 32.9. The number of rotatable bonds is 7. The lowest BCUT2D eigenvalue weighted by Crippen LogP contribution is -2.27. The summed E-state index contributed by atoms with van der Waals surface area (Å²) in [5.74, 6) is 0.849. The maximum atomic E-state index is 12.5. The van der Waals surface area contributed by atoms with Crippen molar-refractivity contribution >= 4 is 10.0 Å². The van der Waals surface area contributed by atoms with Crippen molar-refractivity contribution in [2.24, 2.45) is 5.92 Å². The molecule has 1 aliphatic rings. The van der Waals surface area contributed by atoms with Gasteiger partial charge in [0.2, 0.25) is 10.0 Å². The Balaban J connectivity index is 2.26. The lowest BCUT2D eigenvalue weighted by Gasteiger charge is -2.12. The first-order valence-corrected chi connectivity index (χ1v) is 8.34. The molecule has 5 nitrogen and oxygen atoms in total. The van der Waals surface area contributed by atoms with Crippen LogP contribution in [0.15, 0.2) is 23.1 Å². The van der Waals surface area contributed by atoms with Crippen LogP contribution in [0.5, 0.6) is 5.75 Å². The van der Waals surface area contributed by atoms with Crippen molar-refractivity contribution in [1.29, 1.82) is 0 Å². The minimum absolute atomic E-state index is 0.0719. The number of hydrogen-bond donors (Lipinski definition) is 2. The van der Waals surface area contributed by atoms with Crippen LogP contribution in [0.4, 0.5) is 0 Å². The molecule has 2 N–H and O–H groups in total. The van der Waals surface area contributed by atoms with Gasteiger partial charge in [-0.1, -0.05) is 19.4 Å². The van der Waals surface area contributed by atoms with E-state index in [1.54, 1.807) is 12.1 Å². The molecular formula is C14H22N2O3S. The van der Waals surface area contributed by atoms with E-state index in [4.69, 9.17) is 4.74 Å². The van der Waals surface area contributed by atoms with Gasteiger partial charge >= 0.3 is 0 Å². The summed E-state index contributed by atoms with van der Waals surface area (Å²) in [5.41, 5.74) is 0.913. The Morgan fingerprint density at radius 2 is 2.15 bits per heavy atom. The summed E-state index contributed by atoms with van der Waals surface area (Å²) in [6.45, 7) is 2.70. The Hall–Kier alpha value is -1.11. The fourth-order valence-corrected chi connectivity index (χ4v) is 3.89. The Morgan fingerprint density at radius 1 is 1.40 bits per heavy atom. The number of nitrogens with one attached hydrogen (secondary N) is 2. The maximum absolute atomic E-state index is 12.5. The smallest absolute Gasteiger partial charge is 0.244 e. The molecule has 1 aromatic carbocycles. The predicted octanol–water partition coefficient (Wildman–Crippen LogP) is 1.49. The summed E-state index contributed by atoms with van der Waals surface area (Å²) in [4.78, 5) is 0.217. The highest BCUT2D eigenvalue weighted by molar-refractivity contribution is 7.89. The fraction of sp³-hybridized carbons (Fsp3) is 0.571. The molecule has 0 aliphatic heterocycles. The van der Waals surface area contributed by atoms with Gasteiger partial charge in [0.05, 0.1) is 7.11 Å². The molecule has 2 unspecified atom stereocenters. The summed E-state index contributed by atoms with van der Waals surface area (Å²) in [7, 11) is -0.216. The first-order chi connectivity index (χ1) is 9.51. The van der Waals surface area contributed by atoms with Crippen LogP contribution >= 0.6 is 0 Å². The Bertz CT molecular complexity index is 572. The van der Waals surface area contributed by atoms with E-state index in [1.807, 2.05) is 13.1 Å². The normalized spacial score (nSPS) is 21.8. The fourth-order valence-electron chi connectivity index (χ4n) is 2.35. The van der Waals surface area contributed by atoms with E-state index in [1.165, 1.54) is 7.11 Å². The monoisotopic (exact) mass is 298 g/mol. The Kier molecular flexibility index (Phi) is 4.67. The van der Waals surface area contributed by atoms with Crippen LogP contribution < -0.4 is 14.8 Å². The van der Waals surface area contributed by atoms with Crippen molar-refractivity contribution in [3.63, 3.8) is 0 Å². The second kappa shape index (κ2) is 6.11. The van der Waals surface area contributed by atoms with Gasteiger partial charge < -0.3 is 10.1 Å². The highest BCUT2D eigenvalue weighted by Crippen LogP contribution is 2.35. The third-order valence-electron chi connectivity index (χ3n) is 3.65. The van der Waals surface area contributed by atoms with Crippen LogP contribution in [0.2, 0.25) is 0 Å². The van der Waals surface area contributed by atoms with Crippen LogP contribution in [0.25, 0.3) is 0 Å². The largest absolute Gasteiger partial charge is 0.495 e. The molecule has 0 heterocycles. The summed E-state index contributed by atoms with van der Waals surface area (Å²) in [5, 5.41) is 3.01. The second-order valence-electron chi connectivity index (χ2n) is 5.15. The molecule has 1 aromatic rings. The van der Waals surface area contributed by atoms with Crippen molar-refractivity contribution in [2.75, 3.05) is 14.2 Å². The van der Waals surface area contributed by atoms with Gasteiger partial charge in [-0.15, -0.1) is 0 Å². The molecule has 2 atom stereocenters. The minimum Gasteiger partial charge on any atom is -0.495 e. The van der Waals surface area contributed by atoms with Crippen LogP contribution in [0.3, 0.4) is 0 Å². The predicted molar refractivity (Wildman–Crippen MR) is 78.3 cm³/mol. The molecule has 1 fully saturated rings. The molecule has 112 valence electrons. The first kappa shape index (κ1) is 15.3. The third kappa shape index (κ3) is 3.31. The van der Waals surface area contributed by atoms with E-state index in [9.17, 15) is 8.42 Å². The minimum atomic E-state index is -3.53. The lowest BCUT2D eigenvalue weighted by atomic mass is 10.2. The van der Waals surface area contributed by atoms with Crippen LogP contribution in [-0.4, -0.2) is 28.6 Å². The first-order valence-electron chi connectivity index (χ1n) is 6.85. The van der Waals surface area contributed by atoms with Crippen molar-refractivity contribution in [3.8, 4) is 5.75 Å². The van der Waals surface area contributed by atoms with Gasteiger partial charge in [0.25, 0.3) is 0 Å². The number of hydrogen-bond acceptors (Lipinski definition) is 4. The second-order valence-corrected chi connectivity index (χ2v) is 6.83. The molecule has 6 heteroatoms. The number of methoxy groups -OCH3 is 1. The zero-order valence-electron chi connectivity index (χ0n) is 12.1. The zero-order chi connectivity index (χ0) is 14.8. The SMILES string of the molecule is CCC1CC1NS(=O)(=O)c1cc(CNC)ccc1OC. The maximum Gasteiger partial charge on any atom is 0.244 e. The van der Waals surface area contributed by atoms with E-state index in [2.05, 4.69) is 17.0 Å². The summed E-state index contributed by atoms with van der Waals surface area (Å²) in [6.07, 6.45) is 1.93. The zero-order valence-corrected chi connectivity index (χ0v) is 13.0. The Labute approximate surface area is 120 Å². The third-order valence-corrected chi connectivity index (χ3v) is 5.16. The van der Waals surface area contributed by atoms with Gasteiger partial charge in [-0.3, -0.25) is 0 Å². The van der Waals surface area contributed by atoms with Gasteiger partial charge in [-0.05, 0) is 37.1 Å². The molecule has 0 aromatic heterocycles. The van der Waals surface area contributed by atoms with E-state index in [-0.39, 0.29) is 10.9 Å². The molecule has 1 saturated carbocycles. The van der Waals surface area contributed by atoms with E-state index in [0.29, 0.717) is 18.2 Å². The van der Waals surface area contributed by atoms with Crippen molar-refractivity contribution in [2.45, 2.75) is 37.2 Å². The van der Waals surface area contributed by atoms with Crippen LogP contribution in [0.1, 0.15) is 25.3 Å². The van der Waals surface area contributed by atoms with Gasteiger partial charge in [-0.25, -0.2) is 13.1 Å². The Morgan fingerprint density at radius 3 is 2.70 bits per heavy atom. The van der Waals surface area contributed by atoms with Gasteiger partial charge in [0, 0.05) is 12.6 Å². The topological polar surface area (TPSA) is 67.4 Å². The number of sulfonamides is 1. The van der Waals surface area contributed by atoms with Gasteiger partial charge in [0.15, 0.2) is 0 Å². The van der Waals surface area contributed by atoms with Gasteiger partial charge in [0.1, 0.15) is 10.6 Å². The van der Waals surface area contributed by atoms with E-state index < -0.39 is 10.0 Å². The van der Waals surface area contributed by atoms with Crippen molar-refractivity contribution < 1.29 is 13.2 Å². The highest BCUT2D eigenvalue weighted by atomic mass is 32.2. The summed E-state index contributed by atoms with van der Waals surface area (Å²) >= 11 is 0. The molecule has 0 bridgehead atoms. The average Bonchev–Trinajstić information content (AvgIpc) is 3.16. The molecule has 1 aliphatic carbocycles. The van der Waals surface area contributed by atoms with E-state index in [0.717, 1.165) is 18.4 Å². The molecular weight excluding hydrogens is 276 g/mol. The standard InChI is InChI=1S/C14H22N2O3S/c1-4-11-8-12(11)16-20(17,18)14-7-10(9-15-2)5-6-13(14)19-3/h5-7,11-12,15-16H,4,8-9H2,1-3H3. The van der Waals surface area contributed by atoms with E-state index >= 15 is 0 Å². The van der Waals surface area contributed by atoms with Gasteiger partial charge in [-0.2, -0.15) is 0 Å². The van der Waals surface area contributed by atoms with Crippen LogP contribution in [0, 0.1) is 5.92 Å². The van der Waals surface area contributed by atoms with Crippen molar-refractivity contribution in [3.05, 3.63) is 23.8 Å². The lowest BCUT2D eigenvalue weighted by molar-refractivity contribution is 0.402. The van der Waals surface area contributed by atoms with Crippen molar-refractivity contribution in [1.82, 2.24) is 10.0 Å². The molecule has 0 saturated heterocycles. The van der Waals surface area contributed by atoms with Crippen LogP contribution in [-0.2, 0) is 16.6 Å². The molecule has 2 rings (SSSR count). The average molecular weight is 298 g/mol. The molecule has 0 radical (unpaired) electrons. The highest BCUT2D eigenvalue weighted by Gasteiger charge is 2.39. The molecule has 0 spiro atoms.